The van der Waals surface area contributed by atoms with E-state index in [2.05, 4.69) is 15.5 Å². The molecule has 140 valence electrons. The summed E-state index contributed by atoms with van der Waals surface area (Å²) in [6, 6.07) is 5.10. The number of carbonyl (C=O) groups excluding carboxylic acids is 1. The van der Waals surface area contributed by atoms with E-state index in [-0.39, 0.29) is 23.1 Å². The number of nitrogens with zero attached hydrogens (tertiary/aromatic N) is 5. The van der Waals surface area contributed by atoms with Crippen LogP contribution in [-0.2, 0) is 13.6 Å². The van der Waals surface area contributed by atoms with Gasteiger partial charge < -0.3 is 5.32 Å². The predicted octanol–water partition coefficient (Wildman–Crippen LogP) is 3.79. The van der Waals surface area contributed by atoms with Gasteiger partial charge in [-0.15, -0.1) is 0 Å². The van der Waals surface area contributed by atoms with Crippen molar-refractivity contribution in [2.24, 2.45) is 7.05 Å². The molecule has 0 aliphatic heterocycles. The lowest BCUT2D eigenvalue weighted by Gasteiger charge is -2.07. The number of aryl methyl sites for hydroxylation is 1. The van der Waals surface area contributed by atoms with E-state index < -0.39 is 16.5 Å². The maximum Gasteiger partial charge on any atom is 0.320 e. The highest BCUT2D eigenvalue weighted by Gasteiger charge is 2.26. The summed E-state index contributed by atoms with van der Waals surface area (Å²) in [5, 5.41) is 22.5. The van der Waals surface area contributed by atoms with Crippen LogP contribution < -0.4 is 5.32 Å². The highest BCUT2D eigenvalue weighted by Crippen LogP contribution is 2.27. The highest BCUT2D eigenvalue weighted by atomic mass is 35.5. The first-order valence-corrected chi connectivity index (χ1v) is 8.55. The SMILES string of the molecule is Cn1ncc([N+](=O)[O-])c1C(=O)Nc1nn(Cc2c(Cl)cccc2Cl)cc1Cl. The Morgan fingerprint density at radius 2 is 1.93 bits per heavy atom. The largest absolute Gasteiger partial charge is 0.320 e. The Hall–Kier alpha value is -2.62. The van der Waals surface area contributed by atoms with Crippen LogP contribution in [0, 0.1) is 10.1 Å². The van der Waals surface area contributed by atoms with Gasteiger partial charge in [-0.05, 0) is 12.1 Å². The van der Waals surface area contributed by atoms with E-state index in [1.54, 1.807) is 18.2 Å². The number of benzene rings is 1. The van der Waals surface area contributed by atoms with Crippen LogP contribution in [0.5, 0.6) is 0 Å². The molecule has 0 spiro atoms. The molecule has 1 N–H and O–H groups in total. The molecule has 12 heteroatoms. The van der Waals surface area contributed by atoms with Crippen LogP contribution in [0.2, 0.25) is 15.1 Å². The number of nitrogens with one attached hydrogen (secondary N) is 1. The third kappa shape index (κ3) is 3.90. The second kappa shape index (κ2) is 7.55. The summed E-state index contributed by atoms with van der Waals surface area (Å²) in [5.41, 5.74) is -0.00619. The zero-order valence-electron chi connectivity index (χ0n) is 13.7. The van der Waals surface area contributed by atoms with Crippen LogP contribution in [0.4, 0.5) is 11.5 Å². The minimum Gasteiger partial charge on any atom is -0.302 e. The minimum absolute atomic E-state index is 0.0420. The molecular formula is C15H11Cl3N6O3. The van der Waals surface area contributed by atoms with Gasteiger partial charge in [-0.3, -0.25) is 24.3 Å². The van der Waals surface area contributed by atoms with E-state index in [0.717, 1.165) is 10.9 Å². The van der Waals surface area contributed by atoms with Crippen molar-refractivity contribution in [3.8, 4) is 0 Å². The Morgan fingerprint density at radius 1 is 1.26 bits per heavy atom. The fourth-order valence-corrected chi connectivity index (χ4v) is 3.11. The zero-order valence-corrected chi connectivity index (χ0v) is 16.0. The molecule has 1 amide bonds. The van der Waals surface area contributed by atoms with Crippen LogP contribution in [-0.4, -0.2) is 30.4 Å². The fraction of sp³-hybridized carbons (Fsp3) is 0.133. The molecule has 0 aliphatic rings. The molecule has 0 saturated carbocycles. The number of halogens is 3. The van der Waals surface area contributed by atoms with Crippen molar-refractivity contribution in [2.75, 3.05) is 5.32 Å². The second-order valence-electron chi connectivity index (χ2n) is 5.44. The Morgan fingerprint density at radius 3 is 2.56 bits per heavy atom. The molecule has 0 aliphatic carbocycles. The highest BCUT2D eigenvalue weighted by molar-refractivity contribution is 6.36. The van der Waals surface area contributed by atoms with Crippen molar-refractivity contribution < 1.29 is 9.72 Å². The van der Waals surface area contributed by atoms with Gasteiger partial charge in [0.1, 0.15) is 11.2 Å². The Balaban J connectivity index is 1.85. The van der Waals surface area contributed by atoms with Crippen molar-refractivity contribution >= 4 is 52.2 Å². The molecule has 1 aromatic carbocycles. The third-order valence-electron chi connectivity index (χ3n) is 3.66. The summed E-state index contributed by atoms with van der Waals surface area (Å²) in [6.45, 7) is 0.222. The average molecular weight is 430 g/mol. The Labute approximate surface area is 167 Å². The Kier molecular flexibility index (Phi) is 5.36. The first kappa shape index (κ1) is 19.2. The number of anilines is 1. The van der Waals surface area contributed by atoms with Crippen LogP contribution in [0.3, 0.4) is 0 Å². The quantitative estimate of drug-likeness (QED) is 0.490. The first-order chi connectivity index (χ1) is 12.8. The van der Waals surface area contributed by atoms with Crippen molar-refractivity contribution in [1.29, 1.82) is 0 Å². The number of carbonyl (C=O) groups is 1. The van der Waals surface area contributed by atoms with E-state index in [1.165, 1.54) is 17.9 Å². The molecule has 0 bridgehead atoms. The number of rotatable bonds is 5. The number of amides is 1. The van der Waals surface area contributed by atoms with E-state index >= 15 is 0 Å². The normalized spacial score (nSPS) is 10.8. The monoisotopic (exact) mass is 428 g/mol. The molecule has 0 atom stereocenters. The van der Waals surface area contributed by atoms with Gasteiger partial charge in [0.25, 0.3) is 5.91 Å². The van der Waals surface area contributed by atoms with E-state index in [1.807, 2.05) is 0 Å². The van der Waals surface area contributed by atoms with Gasteiger partial charge >= 0.3 is 5.69 Å². The van der Waals surface area contributed by atoms with Crippen LogP contribution in [0.25, 0.3) is 0 Å². The summed E-state index contributed by atoms with van der Waals surface area (Å²) >= 11 is 18.4. The van der Waals surface area contributed by atoms with Gasteiger partial charge in [0, 0.05) is 28.9 Å². The van der Waals surface area contributed by atoms with Gasteiger partial charge in [0.2, 0.25) is 5.69 Å². The Bertz CT molecular complexity index is 1030. The van der Waals surface area contributed by atoms with Crippen molar-refractivity contribution in [2.45, 2.75) is 6.54 Å². The van der Waals surface area contributed by atoms with Crippen molar-refractivity contribution in [1.82, 2.24) is 19.6 Å². The molecule has 0 fully saturated rings. The van der Waals surface area contributed by atoms with Gasteiger partial charge in [-0.2, -0.15) is 10.2 Å². The molecule has 27 heavy (non-hydrogen) atoms. The molecule has 3 rings (SSSR count). The summed E-state index contributed by atoms with van der Waals surface area (Å²) in [4.78, 5) is 22.8. The number of nitro groups is 1. The van der Waals surface area contributed by atoms with Gasteiger partial charge in [0.15, 0.2) is 5.82 Å². The molecule has 0 unspecified atom stereocenters. The summed E-state index contributed by atoms with van der Waals surface area (Å²) in [5.74, 6) is -0.718. The first-order valence-electron chi connectivity index (χ1n) is 7.41. The summed E-state index contributed by atoms with van der Waals surface area (Å²) in [6.07, 6.45) is 2.48. The molecule has 9 nitrogen and oxygen atoms in total. The number of aromatic nitrogens is 4. The molecule has 0 radical (unpaired) electrons. The van der Waals surface area contributed by atoms with Gasteiger partial charge in [0.05, 0.1) is 11.5 Å². The zero-order chi connectivity index (χ0) is 19.7. The van der Waals surface area contributed by atoms with Gasteiger partial charge in [-0.1, -0.05) is 40.9 Å². The summed E-state index contributed by atoms with van der Waals surface area (Å²) < 4.78 is 2.55. The second-order valence-corrected chi connectivity index (χ2v) is 6.66. The van der Waals surface area contributed by atoms with Crippen molar-refractivity contribution in [3.05, 3.63) is 67.0 Å². The smallest absolute Gasteiger partial charge is 0.302 e. The van der Waals surface area contributed by atoms with E-state index in [9.17, 15) is 14.9 Å². The molecule has 2 heterocycles. The average Bonchev–Trinajstić information content (AvgIpc) is 3.14. The molecule has 3 aromatic rings. The van der Waals surface area contributed by atoms with Crippen LogP contribution in [0.15, 0.2) is 30.6 Å². The third-order valence-corrected chi connectivity index (χ3v) is 4.65. The minimum atomic E-state index is -0.760. The lowest BCUT2D eigenvalue weighted by molar-refractivity contribution is -0.385. The fourth-order valence-electron chi connectivity index (χ4n) is 2.40. The topological polar surface area (TPSA) is 108 Å². The lowest BCUT2D eigenvalue weighted by atomic mass is 10.2. The van der Waals surface area contributed by atoms with Crippen LogP contribution in [0.1, 0.15) is 16.1 Å². The molecule has 2 aromatic heterocycles. The van der Waals surface area contributed by atoms with Crippen molar-refractivity contribution in [3.63, 3.8) is 0 Å². The summed E-state index contributed by atoms with van der Waals surface area (Å²) in [7, 11) is 1.42. The lowest BCUT2D eigenvalue weighted by Crippen LogP contribution is -2.18. The van der Waals surface area contributed by atoms with Gasteiger partial charge in [-0.25, -0.2) is 0 Å². The van der Waals surface area contributed by atoms with E-state index in [4.69, 9.17) is 34.8 Å². The standard InChI is InChI=1S/C15H11Cl3N6O3/c1-22-13(12(5-19-22)24(26)27)15(25)20-14-11(18)7-23(21-14)6-8-9(16)3-2-4-10(8)17/h2-5,7H,6H2,1H3,(H,20,21,25). The predicted molar refractivity (Wildman–Crippen MR) is 101 cm³/mol. The number of hydrogen-bond acceptors (Lipinski definition) is 5. The van der Waals surface area contributed by atoms with Crippen LogP contribution >= 0.6 is 34.8 Å². The molecular weight excluding hydrogens is 419 g/mol. The van der Waals surface area contributed by atoms with E-state index in [0.29, 0.717) is 15.6 Å². The maximum atomic E-state index is 12.4. The maximum absolute atomic E-state index is 12.4. The number of hydrogen-bond donors (Lipinski definition) is 1. The molecule has 0 saturated heterocycles.